The maximum atomic E-state index is 11.5. The molecule has 1 saturated heterocycles. The fraction of sp³-hybridized carbons (Fsp3) is 0.529. The van der Waals surface area contributed by atoms with Gasteiger partial charge in [-0.3, -0.25) is 4.90 Å². The van der Waals surface area contributed by atoms with Crippen molar-refractivity contribution in [2.75, 3.05) is 20.2 Å². The number of likely N-dealkylation sites (tertiary alicyclic amines) is 1. The summed E-state index contributed by atoms with van der Waals surface area (Å²) in [6, 6.07) is 3.98. The van der Waals surface area contributed by atoms with E-state index in [1.165, 1.54) is 13.5 Å². The van der Waals surface area contributed by atoms with Crippen LogP contribution < -0.4 is 0 Å². The van der Waals surface area contributed by atoms with E-state index < -0.39 is 5.97 Å². The Bertz CT molecular complexity index is 662. The Hall–Kier alpha value is -2.08. The standard InChI is InChI=1S/C17H23N3O3/c1-3-16-18-8-10-20(16)13-5-4-9-19(11-13)12-14-6-7-15(23-14)17(21)22-2/h6-8,10,13H,3-5,9,11-12H2,1-2H3/t13-/m1/s1. The van der Waals surface area contributed by atoms with Crippen molar-refractivity contribution in [2.45, 2.75) is 38.8 Å². The molecule has 0 aliphatic carbocycles. The summed E-state index contributed by atoms with van der Waals surface area (Å²) in [6.45, 7) is 4.86. The number of rotatable bonds is 5. The molecule has 1 atom stereocenters. The van der Waals surface area contributed by atoms with Gasteiger partial charge in [-0.25, -0.2) is 9.78 Å². The molecule has 6 heteroatoms. The van der Waals surface area contributed by atoms with Gasteiger partial charge in [-0.1, -0.05) is 6.92 Å². The van der Waals surface area contributed by atoms with E-state index in [1.54, 1.807) is 6.07 Å². The molecule has 124 valence electrons. The molecule has 0 unspecified atom stereocenters. The predicted molar refractivity (Wildman–Crippen MR) is 85.2 cm³/mol. The lowest BCUT2D eigenvalue weighted by atomic mass is 10.1. The van der Waals surface area contributed by atoms with Gasteiger partial charge in [-0.15, -0.1) is 0 Å². The number of ether oxygens (including phenoxy) is 1. The van der Waals surface area contributed by atoms with Crippen molar-refractivity contribution in [1.82, 2.24) is 14.5 Å². The molecule has 6 nitrogen and oxygen atoms in total. The van der Waals surface area contributed by atoms with Crippen molar-refractivity contribution in [1.29, 1.82) is 0 Å². The smallest absolute Gasteiger partial charge is 0.373 e. The van der Waals surface area contributed by atoms with Gasteiger partial charge in [0.15, 0.2) is 0 Å². The SMILES string of the molecule is CCc1nccn1[C@@H]1CCCN(Cc2ccc(C(=O)OC)o2)C1. The number of hydrogen-bond acceptors (Lipinski definition) is 5. The number of carbonyl (C=O) groups is 1. The minimum atomic E-state index is -0.432. The lowest BCUT2D eigenvalue weighted by Gasteiger charge is -2.33. The van der Waals surface area contributed by atoms with Gasteiger partial charge < -0.3 is 13.7 Å². The highest BCUT2D eigenvalue weighted by Crippen LogP contribution is 2.24. The number of methoxy groups -OCH3 is 1. The maximum absolute atomic E-state index is 11.5. The Balaban J connectivity index is 1.65. The number of furan rings is 1. The number of piperidine rings is 1. The minimum absolute atomic E-state index is 0.263. The molecule has 1 aliphatic rings. The summed E-state index contributed by atoms with van der Waals surface area (Å²) in [5, 5.41) is 0. The molecule has 0 aromatic carbocycles. The first-order valence-electron chi connectivity index (χ1n) is 8.12. The Morgan fingerprint density at radius 3 is 3.13 bits per heavy atom. The number of aromatic nitrogens is 2. The normalized spacial score (nSPS) is 19.0. The molecule has 1 aliphatic heterocycles. The molecule has 0 spiro atoms. The van der Waals surface area contributed by atoms with Crippen LogP contribution in [0.4, 0.5) is 0 Å². The largest absolute Gasteiger partial charge is 0.463 e. The molecule has 3 rings (SSSR count). The first kappa shape index (κ1) is 15.8. The van der Waals surface area contributed by atoms with Gasteiger partial charge in [0.2, 0.25) is 5.76 Å². The van der Waals surface area contributed by atoms with E-state index in [1.807, 2.05) is 12.3 Å². The Kier molecular flexibility index (Phi) is 4.81. The van der Waals surface area contributed by atoms with Crippen LogP contribution in [0, 0.1) is 0 Å². The highest BCUT2D eigenvalue weighted by Gasteiger charge is 2.23. The second-order valence-electron chi connectivity index (χ2n) is 5.89. The first-order valence-corrected chi connectivity index (χ1v) is 8.12. The van der Waals surface area contributed by atoms with Gasteiger partial charge in [-0.05, 0) is 31.5 Å². The van der Waals surface area contributed by atoms with Crippen LogP contribution in [0.3, 0.4) is 0 Å². The van der Waals surface area contributed by atoms with E-state index >= 15 is 0 Å². The van der Waals surface area contributed by atoms with E-state index in [9.17, 15) is 4.79 Å². The first-order chi connectivity index (χ1) is 11.2. The third-order valence-electron chi connectivity index (χ3n) is 4.37. The van der Waals surface area contributed by atoms with Crippen LogP contribution in [-0.2, 0) is 17.7 Å². The van der Waals surface area contributed by atoms with Crippen molar-refractivity contribution in [2.24, 2.45) is 0 Å². The summed E-state index contributed by atoms with van der Waals surface area (Å²) in [5.74, 6) is 1.77. The van der Waals surface area contributed by atoms with Gasteiger partial charge in [0, 0.05) is 31.4 Å². The molecule has 23 heavy (non-hydrogen) atoms. The summed E-state index contributed by atoms with van der Waals surface area (Å²) in [7, 11) is 1.36. The Morgan fingerprint density at radius 1 is 1.48 bits per heavy atom. The number of esters is 1. The highest BCUT2D eigenvalue weighted by atomic mass is 16.5. The Morgan fingerprint density at radius 2 is 2.35 bits per heavy atom. The third kappa shape index (κ3) is 3.47. The molecule has 0 N–H and O–H groups in total. The quantitative estimate of drug-likeness (QED) is 0.794. The molecule has 3 heterocycles. The maximum Gasteiger partial charge on any atom is 0.373 e. The second kappa shape index (κ2) is 7.00. The third-order valence-corrected chi connectivity index (χ3v) is 4.37. The molecule has 1 fully saturated rings. The number of hydrogen-bond donors (Lipinski definition) is 0. The number of carbonyl (C=O) groups excluding carboxylic acids is 1. The molecule has 0 radical (unpaired) electrons. The Labute approximate surface area is 136 Å². The van der Waals surface area contributed by atoms with Gasteiger partial charge in [-0.2, -0.15) is 0 Å². The lowest BCUT2D eigenvalue weighted by Crippen LogP contribution is -2.36. The average molecular weight is 317 g/mol. The van der Waals surface area contributed by atoms with E-state index in [-0.39, 0.29) is 5.76 Å². The fourth-order valence-corrected chi connectivity index (χ4v) is 3.25. The van der Waals surface area contributed by atoms with Gasteiger partial charge in [0.05, 0.1) is 13.7 Å². The summed E-state index contributed by atoms with van der Waals surface area (Å²) >= 11 is 0. The van der Waals surface area contributed by atoms with Gasteiger partial charge in [0.1, 0.15) is 11.6 Å². The van der Waals surface area contributed by atoms with Crippen LogP contribution in [0.2, 0.25) is 0 Å². The molecule has 0 saturated carbocycles. The highest BCUT2D eigenvalue weighted by molar-refractivity contribution is 5.86. The number of aryl methyl sites for hydroxylation is 1. The van der Waals surface area contributed by atoms with Crippen molar-refractivity contribution in [3.8, 4) is 0 Å². The predicted octanol–water partition coefficient (Wildman–Crippen LogP) is 2.66. The summed E-state index contributed by atoms with van der Waals surface area (Å²) < 4.78 is 12.5. The number of nitrogens with zero attached hydrogens (tertiary/aromatic N) is 3. The summed E-state index contributed by atoms with van der Waals surface area (Å²) in [4.78, 5) is 18.3. The van der Waals surface area contributed by atoms with E-state index in [2.05, 4.69) is 32.3 Å². The topological polar surface area (TPSA) is 60.5 Å². The van der Waals surface area contributed by atoms with Crippen LogP contribution in [0.25, 0.3) is 0 Å². The monoisotopic (exact) mass is 317 g/mol. The molecule has 2 aromatic rings. The molecule has 0 bridgehead atoms. The van der Waals surface area contributed by atoms with Crippen LogP contribution >= 0.6 is 0 Å². The second-order valence-corrected chi connectivity index (χ2v) is 5.89. The van der Waals surface area contributed by atoms with Crippen LogP contribution in [0.5, 0.6) is 0 Å². The zero-order chi connectivity index (χ0) is 16.2. The van der Waals surface area contributed by atoms with Crippen molar-refractivity contribution in [3.05, 3.63) is 41.9 Å². The number of imidazole rings is 1. The fourth-order valence-electron chi connectivity index (χ4n) is 3.25. The summed E-state index contributed by atoms with van der Waals surface area (Å²) in [6.07, 6.45) is 7.23. The van der Waals surface area contributed by atoms with E-state index in [0.717, 1.165) is 37.5 Å². The zero-order valence-electron chi connectivity index (χ0n) is 13.7. The molecular weight excluding hydrogens is 294 g/mol. The van der Waals surface area contributed by atoms with Crippen LogP contribution in [0.15, 0.2) is 28.9 Å². The van der Waals surface area contributed by atoms with Crippen LogP contribution in [0.1, 0.15) is 47.9 Å². The van der Waals surface area contributed by atoms with Gasteiger partial charge in [0.25, 0.3) is 0 Å². The lowest BCUT2D eigenvalue weighted by molar-refractivity contribution is 0.0560. The minimum Gasteiger partial charge on any atom is -0.463 e. The average Bonchev–Trinajstić information content (AvgIpc) is 3.23. The van der Waals surface area contributed by atoms with Crippen molar-refractivity contribution >= 4 is 5.97 Å². The summed E-state index contributed by atoms with van der Waals surface area (Å²) in [5.41, 5.74) is 0. The van der Waals surface area contributed by atoms with Crippen LogP contribution in [-0.4, -0.2) is 40.6 Å². The zero-order valence-corrected chi connectivity index (χ0v) is 13.7. The molecule has 2 aromatic heterocycles. The molecular formula is C17H23N3O3. The molecule has 0 amide bonds. The van der Waals surface area contributed by atoms with Gasteiger partial charge >= 0.3 is 5.97 Å². The van der Waals surface area contributed by atoms with E-state index in [0.29, 0.717) is 12.6 Å². The van der Waals surface area contributed by atoms with Crippen molar-refractivity contribution < 1.29 is 13.9 Å². The van der Waals surface area contributed by atoms with E-state index in [4.69, 9.17) is 4.42 Å². The van der Waals surface area contributed by atoms with Crippen molar-refractivity contribution in [3.63, 3.8) is 0 Å².